The van der Waals surface area contributed by atoms with Crippen molar-refractivity contribution in [3.8, 4) is 0 Å². The van der Waals surface area contributed by atoms with Crippen molar-refractivity contribution in [3.63, 3.8) is 0 Å². The van der Waals surface area contributed by atoms with Gasteiger partial charge in [0.2, 0.25) is 5.84 Å². The van der Waals surface area contributed by atoms with Crippen LogP contribution in [0.2, 0.25) is 5.15 Å². The van der Waals surface area contributed by atoms with Gasteiger partial charge >= 0.3 is 5.70 Å². The number of nitrogens with one attached hydrogen (secondary N) is 1. The molecule has 10 nitrogen and oxygen atoms in total. The minimum Gasteiger partial charge on any atom is -0.391 e. The molecule has 0 aliphatic carbocycles. The third-order valence-corrected chi connectivity index (χ3v) is 5.84. The minimum absolute atomic E-state index is 0.0545. The van der Waals surface area contributed by atoms with Crippen LogP contribution in [0.1, 0.15) is 23.6 Å². The maximum absolute atomic E-state index is 12.4. The summed E-state index contributed by atoms with van der Waals surface area (Å²) >= 11 is 5.91. The first-order valence-corrected chi connectivity index (χ1v) is 12.3. The number of nitrogens with zero attached hydrogens (tertiary/aromatic N) is 5. The van der Waals surface area contributed by atoms with E-state index >= 15 is 0 Å². The topological polar surface area (TPSA) is 114 Å². The Morgan fingerprint density at radius 1 is 1.05 bits per heavy atom. The van der Waals surface area contributed by atoms with Gasteiger partial charge in [-0.25, -0.2) is 4.98 Å². The first-order valence-electron chi connectivity index (χ1n) is 11.9. The number of hydrogen-bond acceptors (Lipinski definition) is 9. The van der Waals surface area contributed by atoms with Gasteiger partial charge in [-0.3, -0.25) is 25.4 Å². The number of allylic oxidation sites excluding steroid dienone is 1. The van der Waals surface area contributed by atoms with Gasteiger partial charge in [-0.15, -0.1) is 0 Å². The van der Waals surface area contributed by atoms with Gasteiger partial charge in [0.25, 0.3) is 0 Å². The average Bonchev–Trinajstić information content (AvgIpc) is 3.37. The summed E-state index contributed by atoms with van der Waals surface area (Å²) in [6, 6.07) is 22.5. The minimum atomic E-state index is -0.484. The molecule has 2 heterocycles. The maximum atomic E-state index is 12.4. The smallest absolute Gasteiger partial charge is 0.338 e. The number of aromatic nitrogens is 1. The summed E-state index contributed by atoms with van der Waals surface area (Å²) in [5.41, 5.74) is 5.45. The second kappa shape index (κ2) is 13.3. The number of nitro groups is 1. The molecule has 0 saturated heterocycles. The maximum Gasteiger partial charge on any atom is 0.338 e. The number of hydroxylamine groups is 1. The molecule has 0 unspecified atom stereocenters. The Bertz CT molecular complexity index is 1310. The van der Waals surface area contributed by atoms with Crippen LogP contribution >= 0.6 is 11.6 Å². The van der Waals surface area contributed by atoms with Crippen LogP contribution in [-0.4, -0.2) is 39.4 Å². The molecular weight excluding hydrogens is 508 g/mol. The Labute approximate surface area is 225 Å². The molecule has 0 radical (unpaired) electrons. The fourth-order valence-corrected chi connectivity index (χ4v) is 3.86. The van der Waals surface area contributed by atoms with Crippen molar-refractivity contribution in [3.05, 3.63) is 122 Å². The van der Waals surface area contributed by atoms with Gasteiger partial charge in [-0.05, 0) is 29.7 Å². The summed E-state index contributed by atoms with van der Waals surface area (Å²) in [6.45, 7) is 3.30. The zero-order chi connectivity index (χ0) is 26.7. The second-order valence-corrected chi connectivity index (χ2v) is 8.80. The molecule has 0 saturated carbocycles. The van der Waals surface area contributed by atoms with E-state index in [1.165, 1.54) is 0 Å². The fraction of sp³-hybridized carbons (Fsp3) is 0.222. The van der Waals surface area contributed by atoms with Gasteiger partial charge in [-0.1, -0.05) is 83.5 Å². The molecule has 0 amide bonds. The molecule has 4 rings (SSSR count). The predicted octanol–water partition coefficient (Wildman–Crippen LogP) is 4.75. The number of hydrogen-bond donors (Lipinski definition) is 1. The molecule has 1 aliphatic heterocycles. The SMILES string of the molecule is CC(=N\OCc1ccccc1)/C(NOCc1ccccc1)=C(/C1=NCCN1Cc1ccc(Cl)nc1)[N+](=O)[O-]. The zero-order valence-corrected chi connectivity index (χ0v) is 21.5. The third kappa shape index (κ3) is 7.37. The third-order valence-electron chi connectivity index (χ3n) is 5.62. The van der Waals surface area contributed by atoms with Crippen molar-refractivity contribution in [1.82, 2.24) is 15.4 Å². The first-order chi connectivity index (χ1) is 18.5. The fourth-order valence-electron chi connectivity index (χ4n) is 3.75. The van der Waals surface area contributed by atoms with Crippen molar-refractivity contribution >= 4 is 23.1 Å². The van der Waals surface area contributed by atoms with Crippen LogP contribution in [0.3, 0.4) is 0 Å². The van der Waals surface area contributed by atoms with E-state index < -0.39 is 4.92 Å². The lowest BCUT2D eigenvalue weighted by Crippen LogP contribution is -2.35. The first kappa shape index (κ1) is 26.8. The van der Waals surface area contributed by atoms with E-state index in [9.17, 15) is 10.1 Å². The van der Waals surface area contributed by atoms with Crippen LogP contribution < -0.4 is 5.48 Å². The number of aliphatic imine (C=N–C) groups is 1. The van der Waals surface area contributed by atoms with Crippen LogP contribution in [0, 0.1) is 10.1 Å². The largest absolute Gasteiger partial charge is 0.391 e. The molecule has 38 heavy (non-hydrogen) atoms. The highest BCUT2D eigenvalue weighted by atomic mass is 35.5. The van der Waals surface area contributed by atoms with Crippen LogP contribution in [0.5, 0.6) is 0 Å². The molecule has 0 fully saturated rings. The predicted molar refractivity (Wildman–Crippen MR) is 145 cm³/mol. The van der Waals surface area contributed by atoms with Crippen LogP contribution in [-0.2, 0) is 29.4 Å². The second-order valence-electron chi connectivity index (χ2n) is 8.41. The number of rotatable bonds is 12. The lowest BCUT2D eigenvalue weighted by atomic mass is 10.2. The monoisotopic (exact) mass is 534 g/mol. The lowest BCUT2D eigenvalue weighted by Gasteiger charge is -2.20. The summed E-state index contributed by atoms with van der Waals surface area (Å²) in [5.74, 6) is 0.216. The summed E-state index contributed by atoms with van der Waals surface area (Å²) in [5, 5.41) is 16.9. The van der Waals surface area contributed by atoms with E-state index in [1.807, 2.05) is 71.6 Å². The normalized spacial score (nSPS) is 14.1. The number of amidine groups is 1. The molecule has 3 aromatic rings. The molecule has 0 spiro atoms. The Balaban J connectivity index is 1.61. The highest BCUT2D eigenvalue weighted by Gasteiger charge is 2.34. The van der Waals surface area contributed by atoms with E-state index in [2.05, 4.69) is 20.6 Å². The van der Waals surface area contributed by atoms with E-state index in [4.69, 9.17) is 21.3 Å². The van der Waals surface area contributed by atoms with Crippen molar-refractivity contribution in [1.29, 1.82) is 0 Å². The Kier molecular flexibility index (Phi) is 9.38. The van der Waals surface area contributed by atoms with Gasteiger partial charge in [0, 0.05) is 19.3 Å². The molecule has 1 N–H and O–H groups in total. The van der Waals surface area contributed by atoms with Gasteiger partial charge in [0.15, 0.2) is 5.70 Å². The van der Waals surface area contributed by atoms with Gasteiger partial charge in [0.05, 0.1) is 18.1 Å². The highest BCUT2D eigenvalue weighted by molar-refractivity contribution is 6.29. The Morgan fingerprint density at radius 3 is 2.37 bits per heavy atom. The molecule has 0 bridgehead atoms. The summed E-state index contributed by atoms with van der Waals surface area (Å²) in [7, 11) is 0. The summed E-state index contributed by atoms with van der Waals surface area (Å²) in [6.07, 6.45) is 1.64. The van der Waals surface area contributed by atoms with Crippen LogP contribution in [0.15, 0.2) is 101 Å². The molecule has 1 aliphatic rings. The number of oxime groups is 1. The number of halogens is 1. The molecular formula is C27H27ClN6O4. The summed E-state index contributed by atoms with van der Waals surface area (Å²) < 4.78 is 0. The van der Waals surface area contributed by atoms with E-state index in [0.29, 0.717) is 24.8 Å². The number of benzene rings is 2. The van der Waals surface area contributed by atoms with Gasteiger partial charge < -0.3 is 9.74 Å². The van der Waals surface area contributed by atoms with Crippen LogP contribution in [0.25, 0.3) is 0 Å². The summed E-state index contributed by atoms with van der Waals surface area (Å²) in [4.78, 5) is 33.5. The average molecular weight is 535 g/mol. The van der Waals surface area contributed by atoms with Crippen LogP contribution in [0.4, 0.5) is 0 Å². The molecule has 1 aromatic heterocycles. The quantitative estimate of drug-likeness (QED) is 0.154. The van der Waals surface area contributed by atoms with Crippen molar-refractivity contribution in [2.75, 3.05) is 13.1 Å². The zero-order valence-electron chi connectivity index (χ0n) is 20.8. The molecule has 11 heteroatoms. The van der Waals surface area contributed by atoms with Crippen molar-refractivity contribution in [2.45, 2.75) is 26.7 Å². The van der Waals surface area contributed by atoms with Crippen molar-refractivity contribution < 1.29 is 14.6 Å². The molecule has 0 atom stereocenters. The van der Waals surface area contributed by atoms with E-state index in [-0.39, 0.29) is 36.2 Å². The Morgan fingerprint density at radius 2 is 1.74 bits per heavy atom. The van der Waals surface area contributed by atoms with Gasteiger partial charge in [-0.2, -0.15) is 0 Å². The Hall–Kier alpha value is -4.28. The van der Waals surface area contributed by atoms with E-state index in [1.54, 1.807) is 19.2 Å². The van der Waals surface area contributed by atoms with Crippen molar-refractivity contribution in [2.24, 2.45) is 10.1 Å². The van der Waals surface area contributed by atoms with E-state index in [0.717, 1.165) is 16.7 Å². The molecule has 2 aromatic carbocycles. The lowest BCUT2D eigenvalue weighted by molar-refractivity contribution is -0.417. The number of pyridine rings is 1. The van der Waals surface area contributed by atoms with Gasteiger partial charge in [0.1, 0.15) is 17.5 Å². The standard InChI is InChI=1S/C27H27ClN6O4/c1-20(31-37-18-21-8-4-2-5-9-21)25(32-38-19-22-10-6-3-7-11-22)26(34(35)36)27-29-14-15-33(27)17-23-12-13-24(28)30-16-23/h2-13,16,32H,14-15,17-19H2,1H3/b26-25+,31-20+. The molecule has 196 valence electrons. The highest BCUT2D eigenvalue weighted by Crippen LogP contribution is 2.19.